The highest BCUT2D eigenvalue weighted by molar-refractivity contribution is 6.04. The number of amides is 1. The van der Waals surface area contributed by atoms with Crippen molar-refractivity contribution >= 4 is 11.6 Å². The van der Waals surface area contributed by atoms with Gasteiger partial charge in [-0.2, -0.15) is 0 Å². The summed E-state index contributed by atoms with van der Waals surface area (Å²) in [5.41, 5.74) is 2.09. The zero-order valence-corrected chi connectivity index (χ0v) is 11.5. The van der Waals surface area contributed by atoms with Crippen LogP contribution in [0.15, 0.2) is 42.5 Å². The van der Waals surface area contributed by atoms with Crippen molar-refractivity contribution in [1.82, 2.24) is 0 Å². The summed E-state index contributed by atoms with van der Waals surface area (Å²) in [6.07, 6.45) is 0. The lowest BCUT2D eigenvalue weighted by atomic mass is 10.1. The standard InChI is InChI=1S/C17H14FNO2/c1-12-10-15(7-8-16(12)18)19-17(21)14-6-2-4-13(11-14)5-3-9-20/h2,4,6-8,10-11,20H,9H2,1H3,(H,19,21). The van der Waals surface area contributed by atoms with Crippen LogP contribution in [0, 0.1) is 24.6 Å². The number of hydrogen-bond acceptors (Lipinski definition) is 2. The van der Waals surface area contributed by atoms with E-state index in [0.717, 1.165) is 0 Å². The lowest BCUT2D eigenvalue weighted by molar-refractivity contribution is 0.102. The van der Waals surface area contributed by atoms with Crippen molar-refractivity contribution in [1.29, 1.82) is 0 Å². The van der Waals surface area contributed by atoms with E-state index in [4.69, 9.17) is 5.11 Å². The predicted octanol–water partition coefficient (Wildman–Crippen LogP) is 2.73. The maximum Gasteiger partial charge on any atom is 0.255 e. The van der Waals surface area contributed by atoms with Crippen LogP contribution in [0.5, 0.6) is 0 Å². The molecule has 2 aromatic carbocycles. The average Bonchev–Trinajstić information content (AvgIpc) is 2.49. The highest BCUT2D eigenvalue weighted by Gasteiger charge is 2.07. The second-order valence-corrected chi connectivity index (χ2v) is 4.46. The summed E-state index contributed by atoms with van der Waals surface area (Å²) in [6, 6.07) is 11.2. The summed E-state index contributed by atoms with van der Waals surface area (Å²) in [5.74, 6) is 4.66. The molecule has 0 bridgehead atoms. The number of anilines is 1. The van der Waals surface area contributed by atoms with Crippen LogP contribution in [0.3, 0.4) is 0 Å². The van der Waals surface area contributed by atoms with Crippen LogP contribution in [-0.2, 0) is 0 Å². The molecule has 2 rings (SSSR count). The highest BCUT2D eigenvalue weighted by atomic mass is 19.1. The minimum absolute atomic E-state index is 0.231. The Balaban J connectivity index is 2.18. The number of carbonyl (C=O) groups excluding carboxylic acids is 1. The number of benzene rings is 2. The van der Waals surface area contributed by atoms with Crippen molar-refractivity contribution in [3.63, 3.8) is 0 Å². The third-order valence-electron chi connectivity index (χ3n) is 2.85. The number of halogens is 1. The summed E-state index contributed by atoms with van der Waals surface area (Å²) < 4.78 is 13.2. The third-order valence-corrected chi connectivity index (χ3v) is 2.85. The largest absolute Gasteiger partial charge is 0.384 e. The summed E-state index contributed by atoms with van der Waals surface area (Å²) in [5, 5.41) is 11.4. The van der Waals surface area contributed by atoms with Gasteiger partial charge in [-0.05, 0) is 48.9 Å². The van der Waals surface area contributed by atoms with Gasteiger partial charge in [-0.3, -0.25) is 4.79 Å². The highest BCUT2D eigenvalue weighted by Crippen LogP contribution is 2.15. The van der Waals surface area contributed by atoms with Crippen LogP contribution >= 0.6 is 0 Å². The first kappa shape index (κ1) is 14.8. The fraction of sp³-hybridized carbons (Fsp3) is 0.118. The van der Waals surface area contributed by atoms with Crippen molar-refractivity contribution in [3.8, 4) is 11.8 Å². The van der Waals surface area contributed by atoms with E-state index in [0.29, 0.717) is 22.4 Å². The molecule has 0 saturated heterocycles. The van der Waals surface area contributed by atoms with E-state index in [1.807, 2.05) is 0 Å². The number of hydrogen-bond donors (Lipinski definition) is 2. The van der Waals surface area contributed by atoms with Crippen molar-refractivity contribution in [2.24, 2.45) is 0 Å². The molecule has 2 aromatic rings. The number of carbonyl (C=O) groups is 1. The average molecular weight is 283 g/mol. The van der Waals surface area contributed by atoms with E-state index < -0.39 is 0 Å². The van der Waals surface area contributed by atoms with Crippen LogP contribution in [-0.4, -0.2) is 17.6 Å². The first-order valence-corrected chi connectivity index (χ1v) is 6.37. The maximum absolute atomic E-state index is 13.2. The topological polar surface area (TPSA) is 49.3 Å². The van der Waals surface area contributed by atoms with Crippen molar-refractivity contribution < 1.29 is 14.3 Å². The Bertz CT molecular complexity index is 729. The normalized spacial score (nSPS) is 9.67. The second kappa shape index (κ2) is 6.69. The van der Waals surface area contributed by atoms with Gasteiger partial charge in [0.25, 0.3) is 5.91 Å². The molecule has 0 radical (unpaired) electrons. The fourth-order valence-corrected chi connectivity index (χ4v) is 1.81. The number of nitrogens with one attached hydrogen (secondary N) is 1. The molecule has 2 N–H and O–H groups in total. The van der Waals surface area contributed by atoms with E-state index in [2.05, 4.69) is 17.2 Å². The van der Waals surface area contributed by atoms with Crippen LogP contribution in [0.25, 0.3) is 0 Å². The molecular formula is C17H14FNO2. The predicted molar refractivity (Wildman–Crippen MR) is 79.5 cm³/mol. The Hall–Kier alpha value is -2.64. The Morgan fingerprint density at radius 1 is 1.29 bits per heavy atom. The summed E-state index contributed by atoms with van der Waals surface area (Å²) in [7, 11) is 0. The van der Waals surface area contributed by atoms with E-state index in [1.165, 1.54) is 12.1 Å². The zero-order valence-electron chi connectivity index (χ0n) is 11.5. The number of rotatable bonds is 2. The molecule has 106 valence electrons. The SMILES string of the molecule is Cc1cc(NC(=O)c2cccc(C#CCO)c2)ccc1F. The molecule has 4 heteroatoms. The smallest absolute Gasteiger partial charge is 0.255 e. The van der Waals surface area contributed by atoms with Gasteiger partial charge in [0.15, 0.2) is 0 Å². The Labute approximate surface area is 122 Å². The van der Waals surface area contributed by atoms with Gasteiger partial charge in [0.2, 0.25) is 0 Å². The Morgan fingerprint density at radius 3 is 2.81 bits per heavy atom. The minimum atomic E-state index is -0.311. The van der Waals surface area contributed by atoms with E-state index in [1.54, 1.807) is 37.3 Å². The number of aryl methyl sites for hydroxylation is 1. The lowest BCUT2D eigenvalue weighted by Gasteiger charge is -2.07. The fourth-order valence-electron chi connectivity index (χ4n) is 1.81. The van der Waals surface area contributed by atoms with E-state index in [-0.39, 0.29) is 18.3 Å². The molecule has 0 saturated carbocycles. The van der Waals surface area contributed by atoms with Crippen LogP contribution in [0.1, 0.15) is 21.5 Å². The summed E-state index contributed by atoms with van der Waals surface area (Å²) >= 11 is 0. The van der Waals surface area contributed by atoms with Gasteiger partial charge in [0, 0.05) is 16.8 Å². The Morgan fingerprint density at radius 2 is 2.10 bits per heavy atom. The molecular weight excluding hydrogens is 269 g/mol. The van der Waals surface area contributed by atoms with Crippen molar-refractivity contribution in [2.45, 2.75) is 6.92 Å². The van der Waals surface area contributed by atoms with Gasteiger partial charge in [-0.15, -0.1) is 0 Å². The first-order valence-electron chi connectivity index (χ1n) is 6.37. The van der Waals surface area contributed by atoms with Crippen molar-refractivity contribution in [2.75, 3.05) is 11.9 Å². The third kappa shape index (κ3) is 3.91. The molecule has 1 amide bonds. The number of aliphatic hydroxyl groups is 1. The molecule has 3 nitrogen and oxygen atoms in total. The van der Waals surface area contributed by atoms with Crippen LogP contribution in [0.4, 0.5) is 10.1 Å². The van der Waals surface area contributed by atoms with Gasteiger partial charge in [0.1, 0.15) is 12.4 Å². The van der Waals surface area contributed by atoms with Gasteiger partial charge in [0.05, 0.1) is 0 Å². The van der Waals surface area contributed by atoms with Crippen LogP contribution in [0.2, 0.25) is 0 Å². The molecule has 0 aliphatic rings. The van der Waals surface area contributed by atoms with Gasteiger partial charge >= 0.3 is 0 Å². The van der Waals surface area contributed by atoms with E-state index in [9.17, 15) is 9.18 Å². The molecule has 0 aliphatic heterocycles. The summed E-state index contributed by atoms with van der Waals surface area (Å²) in [4.78, 5) is 12.1. The molecule has 0 aliphatic carbocycles. The van der Waals surface area contributed by atoms with Gasteiger partial charge < -0.3 is 10.4 Å². The van der Waals surface area contributed by atoms with Crippen molar-refractivity contribution in [3.05, 3.63) is 65.0 Å². The zero-order chi connectivity index (χ0) is 15.2. The number of aliphatic hydroxyl groups excluding tert-OH is 1. The van der Waals surface area contributed by atoms with Gasteiger partial charge in [-0.25, -0.2) is 4.39 Å². The summed E-state index contributed by atoms with van der Waals surface area (Å²) in [6.45, 7) is 1.40. The van der Waals surface area contributed by atoms with Crippen LogP contribution < -0.4 is 5.32 Å². The Kier molecular flexibility index (Phi) is 4.70. The molecule has 0 atom stereocenters. The molecule has 0 unspecified atom stereocenters. The monoisotopic (exact) mass is 283 g/mol. The quantitative estimate of drug-likeness (QED) is 0.833. The maximum atomic E-state index is 13.2. The second-order valence-electron chi connectivity index (χ2n) is 4.46. The van der Waals surface area contributed by atoms with E-state index >= 15 is 0 Å². The first-order chi connectivity index (χ1) is 10.1. The molecule has 0 heterocycles. The minimum Gasteiger partial charge on any atom is -0.384 e. The molecule has 0 fully saturated rings. The lowest BCUT2D eigenvalue weighted by Crippen LogP contribution is -2.12. The molecule has 0 spiro atoms. The van der Waals surface area contributed by atoms with Gasteiger partial charge in [-0.1, -0.05) is 17.9 Å². The molecule has 0 aromatic heterocycles. The molecule has 21 heavy (non-hydrogen) atoms.